The Morgan fingerprint density at radius 1 is 1.06 bits per heavy atom. The third kappa shape index (κ3) is 4.75. The zero-order valence-corrected chi connectivity index (χ0v) is 17.2. The van der Waals surface area contributed by atoms with Crippen LogP contribution in [0.2, 0.25) is 0 Å². The van der Waals surface area contributed by atoms with Crippen molar-refractivity contribution in [3.8, 4) is 11.8 Å². The number of carbonyl (C=O) groups is 1. The van der Waals surface area contributed by atoms with E-state index in [2.05, 4.69) is 16.0 Å². The van der Waals surface area contributed by atoms with Gasteiger partial charge in [0.05, 0.1) is 5.97 Å². The molecule has 2 aromatic carbocycles. The molecule has 0 saturated carbocycles. The van der Waals surface area contributed by atoms with E-state index in [1.165, 1.54) is 36.4 Å². The number of fused-ring (bicyclic) bond motifs is 1. The molecule has 9 heteroatoms. The fourth-order valence-electron chi connectivity index (χ4n) is 3.06. The number of carboxylic acids is 1. The van der Waals surface area contributed by atoms with Crippen molar-refractivity contribution in [2.45, 2.75) is 31.2 Å². The molecule has 31 heavy (non-hydrogen) atoms. The second-order valence-corrected chi connectivity index (χ2v) is 9.05. The average Bonchev–Trinajstić information content (AvgIpc) is 2.68. The number of carbonyl (C=O) groups excluding carboxylic acids is 1. The molecule has 162 valence electrons. The van der Waals surface area contributed by atoms with Crippen molar-refractivity contribution in [2.75, 3.05) is 0 Å². The lowest BCUT2D eigenvalue weighted by molar-refractivity contribution is -0.255. The summed E-state index contributed by atoms with van der Waals surface area (Å²) in [5.74, 6) is 3.94. The summed E-state index contributed by atoms with van der Waals surface area (Å²) in [4.78, 5) is 10.8. The summed E-state index contributed by atoms with van der Waals surface area (Å²) in [6.07, 6.45) is 1.61. The zero-order chi connectivity index (χ0) is 23.0. The van der Waals surface area contributed by atoms with Crippen LogP contribution >= 0.6 is 0 Å². The molecular weight excluding hydrogens is 433 g/mol. The van der Waals surface area contributed by atoms with Gasteiger partial charge in [-0.25, -0.2) is 0 Å². The Morgan fingerprint density at radius 2 is 1.65 bits per heavy atom. The minimum absolute atomic E-state index is 0.000589. The predicted molar refractivity (Wildman–Crippen MR) is 105 cm³/mol. The van der Waals surface area contributed by atoms with Crippen LogP contribution in [0.4, 0.5) is 13.2 Å². The van der Waals surface area contributed by atoms with E-state index in [1.807, 2.05) is 13.8 Å². The fourth-order valence-corrected chi connectivity index (χ4v) is 3.55. The third-order valence-corrected chi connectivity index (χ3v) is 5.73. The topological polar surface area (TPSA) is 83.5 Å². The van der Waals surface area contributed by atoms with Gasteiger partial charge in [-0.2, -0.15) is 21.6 Å². The van der Waals surface area contributed by atoms with E-state index in [4.69, 9.17) is 0 Å². The van der Waals surface area contributed by atoms with Gasteiger partial charge in [0.25, 0.3) is 0 Å². The van der Waals surface area contributed by atoms with Gasteiger partial charge in [-0.3, -0.25) is 0 Å². The lowest BCUT2D eigenvalue weighted by Gasteiger charge is -2.31. The number of halogens is 3. The standard InChI is InChI=1S/C22H17F3O5S/c1-21(2)12-11-19(30-31(28,29)22(23,24)25)17-13-15(7-10-18(17)21)4-3-14-5-8-16(9-6-14)20(26)27/h5-11,13H,12H2,1-2H3,(H,26,27)/p-1. The number of rotatable bonds is 3. The Hall–Kier alpha value is -3.25. The first-order valence-electron chi connectivity index (χ1n) is 8.99. The summed E-state index contributed by atoms with van der Waals surface area (Å²) in [6.45, 7) is 3.75. The van der Waals surface area contributed by atoms with Gasteiger partial charge >= 0.3 is 15.6 Å². The van der Waals surface area contributed by atoms with E-state index in [0.29, 0.717) is 23.1 Å². The Bertz CT molecular complexity index is 1230. The Kier molecular flexibility index (Phi) is 5.63. The van der Waals surface area contributed by atoms with Gasteiger partial charge in [0.2, 0.25) is 0 Å². The predicted octanol–water partition coefficient (Wildman–Crippen LogP) is 3.34. The van der Waals surface area contributed by atoms with Gasteiger partial charge in [-0.15, -0.1) is 0 Å². The number of alkyl halides is 3. The highest BCUT2D eigenvalue weighted by atomic mass is 32.2. The normalized spacial score (nSPS) is 15.2. The number of benzene rings is 2. The zero-order valence-electron chi connectivity index (χ0n) is 16.4. The van der Waals surface area contributed by atoms with Gasteiger partial charge in [0, 0.05) is 16.7 Å². The molecule has 0 bridgehead atoms. The van der Waals surface area contributed by atoms with Gasteiger partial charge < -0.3 is 14.1 Å². The van der Waals surface area contributed by atoms with Gasteiger partial charge in [0.1, 0.15) is 5.76 Å². The maximum atomic E-state index is 12.8. The minimum Gasteiger partial charge on any atom is -0.545 e. The summed E-state index contributed by atoms with van der Waals surface area (Å²) < 4.78 is 65.8. The van der Waals surface area contributed by atoms with Crippen LogP contribution in [0.15, 0.2) is 48.5 Å². The number of aromatic carboxylic acids is 1. The summed E-state index contributed by atoms with van der Waals surface area (Å²) in [5.41, 5.74) is -4.23. The first-order valence-corrected chi connectivity index (χ1v) is 10.4. The summed E-state index contributed by atoms with van der Waals surface area (Å²) >= 11 is 0. The highest BCUT2D eigenvalue weighted by Crippen LogP contribution is 2.41. The van der Waals surface area contributed by atoms with Crippen molar-refractivity contribution in [3.63, 3.8) is 0 Å². The van der Waals surface area contributed by atoms with Crippen LogP contribution in [0.3, 0.4) is 0 Å². The first kappa shape index (κ1) is 22.4. The number of hydrogen-bond acceptors (Lipinski definition) is 5. The number of allylic oxidation sites excluding steroid dienone is 1. The number of hydrogen-bond donors (Lipinski definition) is 0. The largest absolute Gasteiger partial charge is 0.545 e. The Morgan fingerprint density at radius 3 is 2.23 bits per heavy atom. The van der Waals surface area contributed by atoms with Crippen molar-refractivity contribution in [1.82, 2.24) is 0 Å². The van der Waals surface area contributed by atoms with E-state index in [9.17, 15) is 31.5 Å². The molecular formula is C22H16F3O5S-. The van der Waals surface area contributed by atoms with Crippen molar-refractivity contribution >= 4 is 21.8 Å². The van der Waals surface area contributed by atoms with Gasteiger partial charge in [-0.05, 0) is 53.3 Å². The number of carboxylic acid groups (broad SMARTS) is 1. The van der Waals surface area contributed by atoms with Crippen LogP contribution in [-0.4, -0.2) is 19.9 Å². The lowest BCUT2D eigenvalue weighted by Crippen LogP contribution is -2.27. The summed E-state index contributed by atoms with van der Waals surface area (Å²) in [5, 5.41) is 10.8. The molecule has 0 fully saturated rings. The molecule has 0 atom stereocenters. The highest BCUT2D eigenvalue weighted by Gasteiger charge is 2.49. The molecule has 0 heterocycles. The van der Waals surface area contributed by atoms with Crippen molar-refractivity contribution in [2.24, 2.45) is 0 Å². The smallest absolute Gasteiger partial charge is 0.534 e. The molecule has 0 saturated heterocycles. The monoisotopic (exact) mass is 449 g/mol. The van der Waals surface area contributed by atoms with Crippen LogP contribution in [0, 0.1) is 11.8 Å². The van der Waals surface area contributed by atoms with Crippen molar-refractivity contribution in [3.05, 3.63) is 76.4 Å². The quantitative estimate of drug-likeness (QED) is 0.408. The molecule has 0 aromatic heterocycles. The van der Waals surface area contributed by atoms with Crippen LogP contribution in [0.1, 0.15) is 52.9 Å². The molecule has 0 amide bonds. The Balaban J connectivity index is 1.98. The van der Waals surface area contributed by atoms with Gasteiger partial charge in [0.15, 0.2) is 0 Å². The van der Waals surface area contributed by atoms with E-state index in [1.54, 1.807) is 12.1 Å². The fraction of sp³-hybridized carbons (Fsp3) is 0.227. The molecule has 0 spiro atoms. The van der Waals surface area contributed by atoms with Crippen LogP contribution < -0.4 is 5.11 Å². The van der Waals surface area contributed by atoms with Gasteiger partial charge in [-0.1, -0.05) is 43.9 Å². The van der Waals surface area contributed by atoms with Crippen LogP contribution in [0.25, 0.3) is 5.76 Å². The SMILES string of the molecule is CC1(C)CC=C(OS(=O)(=O)C(F)(F)F)c2cc(C#Cc3ccc(C(=O)[O-])cc3)ccc21. The van der Waals surface area contributed by atoms with Crippen molar-refractivity contribution < 1.29 is 35.7 Å². The molecule has 0 unspecified atom stereocenters. The van der Waals surface area contributed by atoms with Crippen molar-refractivity contribution in [1.29, 1.82) is 0 Å². The molecule has 0 radical (unpaired) electrons. The van der Waals surface area contributed by atoms with Crippen LogP contribution in [-0.2, 0) is 19.7 Å². The molecule has 0 N–H and O–H groups in total. The van der Waals surface area contributed by atoms with E-state index < -0.39 is 32.8 Å². The maximum absolute atomic E-state index is 12.8. The highest BCUT2D eigenvalue weighted by molar-refractivity contribution is 7.87. The third-order valence-electron chi connectivity index (χ3n) is 4.77. The molecule has 0 aliphatic heterocycles. The molecule has 2 aromatic rings. The second-order valence-electron chi connectivity index (χ2n) is 7.51. The summed E-state index contributed by atoms with van der Waals surface area (Å²) in [6, 6.07) is 10.5. The second kappa shape index (κ2) is 7.78. The first-order chi connectivity index (χ1) is 14.3. The maximum Gasteiger partial charge on any atom is 0.534 e. The Labute approximate surface area is 177 Å². The van der Waals surface area contributed by atoms with E-state index in [0.717, 1.165) is 0 Å². The van der Waals surface area contributed by atoms with Crippen LogP contribution in [0.5, 0.6) is 0 Å². The molecule has 1 aliphatic rings. The average molecular weight is 449 g/mol. The molecule has 3 rings (SSSR count). The summed E-state index contributed by atoms with van der Waals surface area (Å²) in [7, 11) is -5.81. The lowest BCUT2D eigenvalue weighted by atomic mass is 9.75. The molecule has 1 aliphatic carbocycles. The molecule has 5 nitrogen and oxygen atoms in total. The minimum atomic E-state index is -5.81. The van der Waals surface area contributed by atoms with E-state index >= 15 is 0 Å². The van der Waals surface area contributed by atoms with E-state index in [-0.39, 0.29) is 11.1 Å².